The van der Waals surface area contributed by atoms with Crippen LogP contribution >= 0.6 is 0 Å². The van der Waals surface area contributed by atoms with E-state index in [-0.39, 0.29) is 18.1 Å². The molecule has 4 rings (SSSR count). The Morgan fingerprint density at radius 3 is 2.53 bits per heavy atom. The number of imidazole rings is 1. The van der Waals surface area contributed by atoms with Crippen LogP contribution in [0.15, 0.2) is 18.2 Å². The van der Waals surface area contributed by atoms with Crippen molar-refractivity contribution in [3.63, 3.8) is 0 Å². The standard InChI is InChI=1S/C29H42N2O5/c1-16-8-7-9-19-12-21(19)14-24(20-10-11-23-22(13-20)30-18(3)31(23)6)36-26(33)15-25(32)29(4,5)28(35)17(2)27(16)34/h10-11,13,16-17,19,21,24-25,27,32,34H,7-9,12,14-15H2,1-6H3/t16-,17+,19+,21-,24-,25-,27-/m0/s1. The number of aromatic nitrogens is 2. The number of nitrogens with zero attached hydrogens (tertiary/aromatic N) is 2. The Hall–Kier alpha value is -2.25. The quantitative estimate of drug-likeness (QED) is 0.555. The van der Waals surface area contributed by atoms with Gasteiger partial charge in [-0.3, -0.25) is 9.59 Å². The first-order valence-corrected chi connectivity index (χ1v) is 13.4. The second kappa shape index (κ2) is 10.3. The Morgan fingerprint density at radius 2 is 1.81 bits per heavy atom. The number of hydrogen-bond acceptors (Lipinski definition) is 6. The number of aryl methyl sites for hydroxylation is 2. The van der Waals surface area contributed by atoms with Crippen molar-refractivity contribution in [2.45, 2.75) is 91.5 Å². The summed E-state index contributed by atoms with van der Waals surface area (Å²) >= 11 is 0. The van der Waals surface area contributed by atoms with E-state index < -0.39 is 35.6 Å². The maximum absolute atomic E-state index is 13.3. The number of benzene rings is 1. The number of ether oxygens (including phenoxy) is 1. The summed E-state index contributed by atoms with van der Waals surface area (Å²) in [5.74, 6) is 0.618. The smallest absolute Gasteiger partial charge is 0.309 e. The Kier molecular flexibility index (Phi) is 7.63. The van der Waals surface area contributed by atoms with Crippen LogP contribution in [0.5, 0.6) is 0 Å². The summed E-state index contributed by atoms with van der Waals surface area (Å²) in [7, 11) is 1.98. The molecule has 0 bridgehead atoms. The molecular formula is C29H42N2O5. The highest BCUT2D eigenvalue weighted by Gasteiger charge is 2.44. The predicted octanol–water partition coefficient (Wildman–Crippen LogP) is 4.66. The van der Waals surface area contributed by atoms with Gasteiger partial charge in [-0.25, -0.2) is 4.98 Å². The monoisotopic (exact) mass is 498 g/mol. The lowest BCUT2D eigenvalue weighted by molar-refractivity contribution is -0.156. The zero-order valence-corrected chi connectivity index (χ0v) is 22.5. The van der Waals surface area contributed by atoms with E-state index in [1.165, 1.54) is 0 Å². The lowest BCUT2D eigenvalue weighted by Gasteiger charge is -2.34. The van der Waals surface area contributed by atoms with E-state index in [4.69, 9.17) is 4.74 Å². The van der Waals surface area contributed by atoms with Gasteiger partial charge in [0.15, 0.2) is 0 Å². The number of rotatable bonds is 1. The summed E-state index contributed by atoms with van der Waals surface area (Å²) in [5, 5.41) is 21.8. The lowest BCUT2D eigenvalue weighted by atomic mass is 9.73. The molecule has 2 aliphatic rings. The molecule has 2 N–H and O–H groups in total. The minimum Gasteiger partial charge on any atom is -0.457 e. The molecule has 7 heteroatoms. The normalized spacial score (nSPS) is 34.3. The van der Waals surface area contributed by atoms with Crippen LogP contribution in [0.2, 0.25) is 0 Å². The number of Topliss-reactive ketones (excluding diaryl/α,β-unsaturated/α-hetero) is 1. The topological polar surface area (TPSA) is 102 Å². The number of ketones is 1. The molecule has 1 saturated carbocycles. The molecule has 1 aromatic heterocycles. The highest BCUT2D eigenvalue weighted by molar-refractivity contribution is 5.88. The first-order valence-electron chi connectivity index (χ1n) is 13.4. The summed E-state index contributed by atoms with van der Waals surface area (Å²) in [6.07, 6.45) is 2.12. The van der Waals surface area contributed by atoms with Gasteiger partial charge in [0.2, 0.25) is 0 Å². The van der Waals surface area contributed by atoms with Crippen LogP contribution in [0.1, 0.15) is 83.7 Å². The van der Waals surface area contributed by atoms with Crippen molar-refractivity contribution in [2.75, 3.05) is 0 Å². The number of cyclic esters (lactones) is 1. The number of fused-ring (bicyclic) bond motifs is 2. The fraction of sp³-hybridized carbons (Fsp3) is 0.690. The lowest BCUT2D eigenvalue weighted by Crippen LogP contribution is -2.45. The maximum atomic E-state index is 13.3. The van der Waals surface area contributed by atoms with E-state index in [0.717, 1.165) is 54.5 Å². The second-order valence-corrected chi connectivity index (χ2v) is 11.9. The summed E-state index contributed by atoms with van der Waals surface area (Å²) in [4.78, 5) is 30.9. The maximum Gasteiger partial charge on any atom is 0.309 e. The number of carbonyl (C=O) groups is 2. The van der Waals surface area contributed by atoms with Crippen LogP contribution in [0, 0.1) is 36.0 Å². The molecule has 1 aliphatic heterocycles. The van der Waals surface area contributed by atoms with E-state index >= 15 is 0 Å². The number of carbonyl (C=O) groups excluding carboxylic acids is 2. The van der Waals surface area contributed by atoms with E-state index in [1.807, 2.05) is 43.7 Å². The highest BCUT2D eigenvalue weighted by Crippen LogP contribution is 2.49. The third-order valence-electron chi connectivity index (χ3n) is 8.93. The first-order chi connectivity index (χ1) is 16.9. The predicted molar refractivity (Wildman–Crippen MR) is 138 cm³/mol. The second-order valence-electron chi connectivity index (χ2n) is 11.9. The van der Waals surface area contributed by atoms with E-state index in [0.29, 0.717) is 11.8 Å². The molecule has 2 heterocycles. The minimum absolute atomic E-state index is 0.00623. The fourth-order valence-electron chi connectivity index (χ4n) is 5.91. The molecule has 2 aromatic rings. The third-order valence-corrected chi connectivity index (χ3v) is 8.93. The SMILES string of the molecule is Cc1nc2cc([C@@H]3C[C@@H]4C[C@H]4CCC[C@H](C)[C@H](O)[C@@H](C)C(=O)C(C)(C)[C@@H](O)CC(=O)O3)ccc2n1C. The molecule has 7 atom stereocenters. The van der Waals surface area contributed by atoms with Crippen molar-refractivity contribution < 1.29 is 24.5 Å². The highest BCUT2D eigenvalue weighted by atomic mass is 16.5. The van der Waals surface area contributed by atoms with Crippen LogP contribution in [0.4, 0.5) is 0 Å². The molecule has 7 nitrogen and oxygen atoms in total. The average molecular weight is 499 g/mol. The van der Waals surface area contributed by atoms with Gasteiger partial charge in [-0.05, 0) is 61.6 Å². The van der Waals surface area contributed by atoms with Crippen molar-refractivity contribution in [1.82, 2.24) is 9.55 Å². The molecule has 1 aliphatic carbocycles. The zero-order chi connectivity index (χ0) is 26.4. The molecule has 0 amide bonds. The van der Waals surface area contributed by atoms with Gasteiger partial charge in [-0.1, -0.05) is 46.6 Å². The molecule has 1 aromatic carbocycles. The van der Waals surface area contributed by atoms with Crippen LogP contribution in [0.3, 0.4) is 0 Å². The summed E-state index contributed by atoms with van der Waals surface area (Å²) in [5.41, 5.74) is 1.63. The van der Waals surface area contributed by atoms with Crippen molar-refractivity contribution in [2.24, 2.45) is 36.1 Å². The van der Waals surface area contributed by atoms with Gasteiger partial charge in [0.05, 0.1) is 35.1 Å². The number of aliphatic hydroxyl groups is 2. The molecule has 0 spiro atoms. The summed E-state index contributed by atoms with van der Waals surface area (Å²) < 4.78 is 8.03. The third kappa shape index (κ3) is 5.37. The van der Waals surface area contributed by atoms with Gasteiger partial charge in [0.25, 0.3) is 0 Å². The Bertz CT molecular complexity index is 1120. The summed E-state index contributed by atoms with van der Waals surface area (Å²) in [6, 6.07) is 6.03. The molecule has 2 fully saturated rings. The number of esters is 1. The molecular weight excluding hydrogens is 456 g/mol. The van der Waals surface area contributed by atoms with Crippen LogP contribution < -0.4 is 0 Å². The number of hydrogen-bond donors (Lipinski definition) is 2. The minimum atomic E-state index is -1.20. The molecule has 0 radical (unpaired) electrons. The van der Waals surface area contributed by atoms with Gasteiger partial charge < -0.3 is 19.5 Å². The first kappa shape index (κ1) is 26.8. The summed E-state index contributed by atoms with van der Waals surface area (Å²) in [6.45, 7) is 8.98. The van der Waals surface area contributed by atoms with Crippen molar-refractivity contribution >= 4 is 22.8 Å². The molecule has 198 valence electrons. The average Bonchev–Trinajstić information content (AvgIpc) is 3.51. The molecule has 1 saturated heterocycles. The van der Waals surface area contributed by atoms with E-state index in [9.17, 15) is 19.8 Å². The fourth-order valence-corrected chi connectivity index (χ4v) is 5.91. The van der Waals surface area contributed by atoms with E-state index in [1.54, 1.807) is 20.8 Å². The van der Waals surface area contributed by atoms with E-state index in [2.05, 4.69) is 4.98 Å². The van der Waals surface area contributed by atoms with Crippen LogP contribution in [-0.2, 0) is 21.4 Å². The largest absolute Gasteiger partial charge is 0.457 e. The van der Waals surface area contributed by atoms with Crippen molar-refractivity contribution in [3.8, 4) is 0 Å². The zero-order valence-electron chi connectivity index (χ0n) is 22.5. The van der Waals surface area contributed by atoms with Crippen LogP contribution in [-0.4, -0.2) is 43.7 Å². The van der Waals surface area contributed by atoms with Crippen molar-refractivity contribution in [3.05, 3.63) is 29.6 Å². The molecule has 0 unspecified atom stereocenters. The number of aliphatic hydroxyl groups excluding tert-OH is 2. The van der Waals surface area contributed by atoms with Gasteiger partial charge >= 0.3 is 5.97 Å². The Morgan fingerprint density at radius 1 is 1.08 bits per heavy atom. The van der Waals surface area contributed by atoms with Gasteiger partial charge in [0.1, 0.15) is 17.7 Å². The van der Waals surface area contributed by atoms with Crippen LogP contribution in [0.25, 0.3) is 11.0 Å². The Balaban J connectivity index is 1.60. The van der Waals surface area contributed by atoms with Gasteiger partial charge in [0, 0.05) is 13.0 Å². The van der Waals surface area contributed by atoms with Gasteiger partial charge in [-0.2, -0.15) is 0 Å². The Labute approximate surface area is 214 Å². The van der Waals surface area contributed by atoms with Crippen molar-refractivity contribution in [1.29, 1.82) is 0 Å². The molecule has 36 heavy (non-hydrogen) atoms. The van der Waals surface area contributed by atoms with Gasteiger partial charge in [-0.15, -0.1) is 0 Å².